The zero-order valence-corrected chi connectivity index (χ0v) is 15.8. The minimum absolute atomic E-state index is 0.0282. The van der Waals surface area contributed by atoms with Gasteiger partial charge >= 0.3 is 12.0 Å². The number of carbonyl (C=O) groups is 4. The molecule has 1 aliphatic carbocycles. The number of esters is 1. The molecule has 0 aromatic carbocycles. The quantitative estimate of drug-likeness (QED) is 0.519. The van der Waals surface area contributed by atoms with Gasteiger partial charge in [0.25, 0.3) is 11.8 Å². The number of imide groups is 1. The topological polar surface area (TPSA) is 105 Å². The Balaban J connectivity index is 1.82. The van der Waals surface area contributed by atoms with Crippen molar-refractivity contribution in [3.8, 4) is 0 Å². The molecule has 8 nitrogen and oxygen atoms in total. The molecule has 1 heterocycles. The Kier molecular flexibility index (Phi) is 6.61. The third-order valence-corrected chi connectivity index (χ3v) is 5.20. The Bertz CT molecular complexity index is 577. The molecule has 1 saturated heterocycles. The van der Waals surface area contributed by atoms with Crippen LogP contribution in [0.2, 0.25) is 0 Å². The Morgan fingerprint density at radius 1 is 1.35 bits per heavy atom. The number of urea groups is 1. The van der Waals surface area contributed by atoms with Crippen molar-refractivity contribution >= 4 is 23.8 Å². The first-order chi connectivity index (χ1) is 12.3. The molecule has 1 aliphatic heterocycles. The number of nitrogens with one attached hydrogen (secondary N) is 2. The van der Waals surface area contributed by atoms with Crippen LogP contribution in [-0.4, -0.2) is 54.0 Å². The zero-order valence-electron chi connectivity index (χ0n) is 15.8. The molecule has 0 aromatic rings. The predicted molar refractivity (Wildman–Crippen MR) is 94.0 cm³/mol. The van der Waals surface area contributed by atoms with Crippen molar-refractivity contribution < 1.29 is 23.9 Å². The second-order valence-corrected chi connectivity index (χ2v) is 7.63. The molecule has 2 rings (SSSR count). The van der Waals surface area contributed by atoms with Crippen LogP contribution in [0.5, 0.6) is 0 Å². The van der Waals surface area contributed by atoms with Crippen molar-refractivity contribution in [2.24, 2.45) is 11.8 Å². The fraction of sp³-hybridized carbons (Fsp3) is 0.778. The molecule has 1 saturated carbocycles. The van der Waals surface area contributed by atoms with E-state index in [0.717, 1.165) is 30.6 Å². The molecule has 0 aromatic heterocycles. The van der Waals surface area contributed by atoms with E-state index in [1.807, 2.05) is 20.8 Å². The summed E-state index contributed by atoms with van der Waals surface area (Å²) < 4.78 is 4.90. The second kappa shape index (κ2) is 8.51. The number of nitrogens with zero attached hydrogens (tertiary/aromatic N) is 1. The molecule has 0 bridgehead atoms. The number of hydrogen-bond donors (Lipinski definition) is 2. The number of amides is 4. The summed E-state index contributed by atoms with van der Waals surface area (Å²) in [5.74, 6) is -1.04. The monoisotopic (exact) mass is 367 g/mol. The van der Waals surface area contributed by atoms with E-state index in [1.165, 1.54) is 0 Å². The minimum atomic E-state index is -0.899. The average molecular weight is 367 g/mol. The van der Waals surface area contributed by atoms with Crippen LogP contribution < -0.4 is 10.6 Å². The summed E-state index contributed by atoms with van der Waals surface area (Å²) in [5, 5.41) is 5.43. The molecule has 2 N–H and O–H groups in total. The van der Waals surface area contributed by atoms with Crippen molar-refractivity contribution in [3.05, 3.63) is 0 Å². The number of carbonyl (C=O) groups excluding carboxylic acids is 4. The maximum atomic E-state index is 12.7. The van der Waals surface area contributed by atoms with Gasteiger partial charge in [-0.3, -0.25) is 19.3 Å². The van der Waals surface area contributed by atoms with E-state index in [-0.39, 0.29) is 11.8 Å². The van der Waals surface area contributed by atoms with E-state index in [4.69, 9.17) is 4.74 Å². The molecule has 0 radical (unpaired) electrons. The Labute approximate surface area is 154 Å². The first-order valence-corrected chi connectivity index (χ1v) is 9.32. The third kappa shape index (κ3) is 4.53. The molecular formula is C18H29N3O5. The molecule has 2 fully saturated rings. The van der Waals surface area contributed by atoms with E-state index in [2.05, 4.69) is 10.6 Å². The molecular weight excluding hydrogens is 338 g/mol. The molecule has 8 heteroatoms. The van der Waals surface area contributed by atoms with Crippen LogP contribution in [0.25, 0.3) is 0 Å². The molecule has 26 heavy (non-hydrogen) atoms. The van der Waals surface area contributed by atoms with Gasteiger partial charge in [0.1, 0.15) is 12.1 Å². The summed E-state index contributed by atoms with van der Waals surface area (Å²) in [5.41, 5.74) is -0.899. The molecule has 4 amide bonds. The van der Waals surface area contributed by atoms with E-state index in [0.29, 0.717) is 18.9 Å². The number of hydrogen-bond acceptors (Lipinski definition) is 5. The lowest BCUT2D eigenvalue weighted by Gasteiger charge is -2.36. The van der Waals surface area contributed by atoms with Gasteiger partial charge in [0.15, 0.2) is 6.61 Å². The van der Waals surface area contributed by atoms with Crippen molar-refractivity contribution in [1.29, 1.82) is 0 Å². The summed E-state index contributed by atoms with van der Waals surface area (Å²) in [6.07, 6.45) is 4.18. The van der Waals surface area contributed by atoms with E-state index in [9.17, 15) is 19.2 Å². The average Bonchev–Trinajstić information content (AvgIpc) is 2.80. The highest BCUT2D eigenvalue weighted by Gasteiger charge is 2.55. The van der Waals surface area contributed by atoms with Crippen LogP contribution in [0.15, 0.2) is 0 Å². The lowest BCUT2D eigenvalue weighted by atomic mass is 9.73. The molecule has 146 valence electrons. The van der Waals surface area contributed by atoms with Gasteiger partial charge < -0.3 is 15.4 Å². The largest absolute Gasteiger partial charge is 0.454 e. The van der Waals surface area contributed by atoms with Gasteiger partial charge in [0, 0.05) is 6.54 Å². The highest BCUT2D eigenvalue weighted by atomic mass is 16.5. The first-order valence-electron chi connectivity index (χ1n) is 9.32. The number of ether oxygens (including phenoxy) is 1. The van der Waals surface area contributed by atoms with Gasteiger partial charge in [0.05, 0.1) is 0 Å². The summed E-state index contributed by atoms with van der Waals surface area (Å²) in [6.45, 7) is 5.66. The van der Waals surface area contributed by atoms with Crippen LogP contribution in [-0.2, 0) is 19.1 Å². The van der Waals surface area contributed by atoms with Gasteiger partial charge in [-0.15, -0.1) is 0 Å². The Morgan fingerprint density at radius 2 is 2.08 bits per heavy atom. The summed E-state index contributed by atoms with van der Waals surface area (Å²) >= 11 is 0. The van der Waals surface area contributed by atoms with Gasteiger partial charge in [-0.1, -0.05) is 33.6 Å². The normalized spacial score (nSPS) is 25.5. The highest BCUT2D eigenvalue weighted by molar-refractivity contribution is 6.09. The van der Waals surface area contributed by atoms with Gasteiger partial charge in [-0.25, -0.2) is 4.79 Å². The molecule has 1 spiro atoms. The molecule has 0 unspecified atom stereocenters. The van der Waals surface area contributed by atoms with Crippen LogP contribution in [0.1, 0.15) is 52.9 Å². The van der Waals surface area contributed by atoms with E-state index in [1.54, 1.807) is 0 Å². The van der Waals surface area contributed by atoms with Crippen molar-refractivity contribution in [1.82, 2.24) is 15.5 Å². The second-order valence-electron chi connectivity index (χ2n) is 7.63. The lowest BCUT2D eigenvalue weighted by Crippen LogP contribution is -2.54. The summed E-state index contributed by atoms with van der Waals surface area (Å²) in [6, 6.07) is -0.568. The van der Waals surface area contributed by atoms with Gasteiger partial charge in [-0.2, -0.15) is 0 Å². The van der Waals surface area contributed by atoms with Crippen molar-refractivity contribution in [2.75, 3.05) is 19.7 Å². The fourth-order valence-corrected chi connectivity index (χ4v) is 3.51. The van der Waals surface area contributed by atoms with Crippen molar-refractivity contribution in [2.45, 2.75) is 58.4 Å². The lowest BCUT2D eigenvalue weighted by molar-refractivity contribution is -0.151. The molecule has 2 aliphatic rings. The summed E-state index contributed by atoms with van der Waals surface area (Å²) in [7, 11) is 0. The van der Waals surface area contributed by atoms with Crippen LogP contribution in [0, 0.1) is 11.8 Å². The van der Waals surface area contributed by atoms with Crippen LogP contribution in [0.4, 0.5) is 4.79 Å². The number of rotatable bonds is 7. The SMILES string of the molecule is CC(C)CCNC(=O)COC(=O)CN1C(=O)N[C@]2(CCCC[C@H]2C)C1=O. The third-order valence-electron chi connectivity index (χ3n) is 5.20. The minimum Gasteiger partial charge on any atom is -0.454 e. The Morgan fingerprint density at radius 3 is 2.73 bits per heavy atom. The fourth-order valence-electron chi connectivity index (χ4n) is 3.51. The van der Waals surface area contributed by atoms with Gasteiger partial charge in [-0.05, 0) is 31.1 Å². The molecule has 2 atom stereocenters. The predicted octanol–water partition coefficient (Wildman–Crippen LogP) is 1.19. The Hall–Kier alpha value is -2.12. The summed E-state index contributed by atoms with van der Waals surface area (Å²) in [4.78, 5) is 49.4. The van der Waals surface area contributed by atoms with Gasteiger partial charge in [0.2, 0.25) is 0 Å². The maximum Gasteiger partial charge on any atom is 0.326 e. The van der Waals surface area contributed by atoms with Crippen molar-refractivity contribution in [3.63, 3.8) is 0 Å². The highest BCUT2D eigenvalue weighted by Crippen LogP contribution is 2.38. The van der Waals surface area contributed by atoms with Crippen LogP contribution in [0.3, 0.4) is 0 Å². The standard InChI is InChI=1S/C18H29N3O5/c1-12(2)7-9-19-14(22)11-26-15(23)10-21-16(24)18(20-17(21)25)8-5-4-6-13(18)3/h12-13H,4-11H2,1-3H3,(H,19,22)(H,20,25)/t13-,18+/m1/s1. The maximum absolute atomic E-state index is 12.7. The van der Waals surface area contributed by atoms with E-state index >= 15 is 0 Å². The zero-order chi connectivity index (χ0) is 19.3. The first kappa shape index (κ1) is 20.2. The smallest absolute Gasteiger partial charge is 0.326 e. The van der Waals surface area contributed by atoms with Crippen LogP contribution >= 0.6 is 0 Å². The van der Waals surface area contributed by atoms with E-state index < -0.39 is 36.6 Å².